The highest BCUT2D eigenvalue weighted by molar-refractivity contribution is 5.69. The number of halogens is 2. The molecule has 0 aromatic rings. The minimum atomic E-state index is -3.31. The molecule has 1 amide bonds. The van der Waals surface area contributed by atoms with Crippen molar-refractivity contribution in [3.63, 3.8) is 0 Å². The number of nitrogens with zero attached hydrogens (tertiary/aromatic N) is 1. The van der Waals surface area contributed by atoms with E-state index in [1.807, 2.05) is 0 Å². The third kappa shape index (κ3) is 3.53. The molecule has 4 nitrogen and oxygen atoms in total. The number of hydrogen-bond acceptors (Lipinski definition) is 3. The Kier molecular flexibility index (Phi) is 3.57. The summed E-state index contributed by atoms with van der Waals surface area (Å²) in [5.74, 6) is -2.07. The van der Waals surface area contributed by atoms with Gasteiger partial charge >= 0.3 is 6.09 Å². The highest BCUT2D eigenvalue weighted by Crippen LogP contribution is 2.31. The molecular weight excluding hydrogens is 232 g/mol. The zero-order chi connectivity index (χ0) is 13.3. The number of ether oxygens (including phenoxy) is 1. The van der Waals surface area contributed by atoms with Crippen LogP contribution in [0.1, 0.15) is 27.2 Å². The van der Waals surface area contributed by atoms with Gasteiger partial charge < -0.3 is 9.64 Å². The summed E-state index contributed by atoms with van der Waals surface area (Å²) in [6, 6.07) is 0. The van der Waals surface area contributed by atoms with Crippen molar-refractivity contribution in [2.75, 3.05) is 13.1 Å². The van der Waals surface area contributed by atoms with Crippen LogP contribution < -0.4 is 0 Å². The van der Waals surface area contributed by atoms with Crippen LogP contribution in [-0.2, 0) is 9.53 Å². The van der Waals surface area contributed by atoms with E-state index in [2.05, 4.69) is 0 Å². The predicted octanol–water partition coefficient (Wildman–Crippen LogP) is 2.02. The average Bonchev–Trinajstić information content (AvgIpc) is 2.13. The normalized spacial score (nSPS) is 19.8. The number of rotatable bonds is 0. The summed E-state index contributed by atoms with van der Waals surface area (Å²) in [5.41, 5.74) is -1.31. The molecule has 0 N–H and O–H groups in total. The molecule has 1 saturated heterocycles. The van der Waals surface area contributed by atoms with Gasteiger partial charge in [-0.2, -0.15) is 8.78 Å². The Bertz CT molecular complexity index is 367. The lowest BCUT2D eigenvalue weighted by molar-refractivity contribution is -0.0336. The largest absolute Gasteiger partial charge is 0.444 e. The second-order valence-electron chi connectivity index (χ2n) is 4.94. The first-order valence-corrected chi connectivity index (χ1v) is 5.26. The van der Waals surface area contributed by atoms with Crippen LogP contribution in [0.5, 0.6) is 0 Å². The van der Waals surface area contributed by atoms with E-state index in [1.54, 1.807) is 20.8 Å². The van der Waals surface area contributed by atoms with Crippen molar-refractivity contribution in [3.8, 4) is 0 Å². The molecule has 1 rings (SSSR count). The monoisotopic (exact) mass is 247 g/mol. The smallest absolute Gasteiger partial charge is 0.410 e. The summed E-state index contributed by atoms with van der Waals surface area (Å²) in [6.07, 6.45) is -0.961. The molecular formula is C11H15F2NO3. The van der Waals surface area contributed by atoms with Crippen molar-refractivity contribution in [2.45, 2.75) is 38.7 Å². The van der Waals surface area contributed by atoms with Gasteiger partial charge in [-0.1, -0.05) is 0 Å². The number of likely N-dealkylation sites (tertiary alicyclic amines) is 1. The van der Waals surface area contributed by atoms with Crippen LogP contribution >= 0.6 is 0 Å². The van der Waals surface area contributed by atoms with Crippen molar-refractivity contribution < 1.29 is 23.1 Å². The Morgan fingerprint density at radius 3 is 2.47 bits per heavy atom. The van der Waals surface area contributed by atoms with Crippen LogP contribution in [0.3, 0.4) is 0 Å². The quantitative estimate of drug-likeness (QED) is 0.615. The number of amides is 1. The summed E-state index contributed by atoms with van der Waals surface area (Å²) < 4.78 is 31.7. The van der Waals surface area contributed by atoms with Gasteiger partial charge in [0.05, 0.1) is 12.1 Å². The lowest BCUT2D eigenvalue weighted by atomic mass is 10.0. The molecule has 96 valence electrons. The van der Waals surface area contributed by atoms with Gasteiger partial charge in [-0.25, -0.2) is 9.59 Å². The number of alkyl halides is 2. The van der Waals surface area contributed by atoms with Crippen molar-refractivity contribution in [3.05, 3.63) is 5.57 Å². The van der Waals surface area contributed by atoms with E-state index >= 15 is 0 Å². The fraction of sp³-hybridized carbons (Fsp3) is 0.727. The van der Waals surface area contributed by atoms with Gasteiger partial charge in [0.15, 0.2) is 0 Å². The van der Waals surface area contributed by atoms with E-state index in [1.165, 1.54) is 5.94 Å². The Morgan fingerprint density at radius 2 is 2.06 bits per heavy atom. The van der Waals surface area contributed by atoms with Gasteiger partial charge in [0.25, 0.3) is 5.92 Å². The van der Waals surface area contributed by atoms with Gasteiger partial charge in [0.2, 0.25) is 0 Å². The molecule has 0 bridgehead atoms. The molecule has 1 aliphatic rings. The number of carbonyl (C=O) groups excluding carboxylic acids is 2. The molecule has 1 heterocycles. The maximum Gasteiger partial charge on any atom is 0.410 e. The average molecular weight is 247 g/mol. The summed E-state index contributed by atoms with van der Waals surface area (Å²) >= 11 is 0. The molecule has 6 heteroatoms. The molecule has 0 aromatic carbocycles. The van der Waals surface area contributed by atoms with E-state index in [4.69, 9.17) is 4.74 Å². The minimum Gasteiger partial charge on any atom is -0.444 e. The first-order chi connectivity index (χ1) is 7.65. The number of hydrogen-bond donors (Lipinski definition) is 0. The summed E-state index contributed by atoms with van der Waals surface area (Å²) in [4.78, 5) is 22.8. The summed E-state index contributed by atoms with van der Waals surface area (Å²) in [7, 11) is 0. The van der Waals surface area contributed by atoms with E-state index < -0.39 is 29.7 Å². The van der Waals surface area contributed by atoms with E-state index in [9.17, 15) is 18.4 Å². The molecule has 0 saturated carbocycles. The highest BCUT2D eigenvalue weighted by Gasteiger charge is 2.43. The van der Waals surface area contributed by atoms with Crippen molar-refractivity contribution in [1.29, 1.82) is 0 Å². The molecule has 1 aliphatic heterocycles. The van der Waals surface area contributed by atoms with Gasteiger partial charge in [0, 0.05) is 13.0 Å². The van der Waals surface area contributed by atoms with Gasteiger partial charge in [-0.05, 0) is 20.8 Å². The summed E-state index contributed by atoms with van der Waals surface area (Å²) in [6.45, 7) is 4.19. The SMILES string of the molecule is CC(C)(C)OC(=O)N1CCC(=C=O)C(F)(F)C1. The van der Waals surface area contributed by atoms with Crippen LogP contribution in [0.4, 0.5) is 13.6 Å². The molecule has 0 aliphatic carbocycles. The fourth-order valence-electron chi connectivity index (χ4n) is 1.45. The molecule has 0 spiro atoms. The van der Waals surface area contributed by atoms with Crippen molar-refractivity contribution in [1.82, 2.24) is 4.90 Å². The van der Waals surface area contributed by atoms with Crippen LogP contribution in [-0.4, -0.2) is 41.5 Å². The Morgan fingerprint density at radius 1 is 1.47 bits per heavy atom. The van der Waals surface area contributed by atoms with Crippen LogP contribution in [0.2, 0.25) is 0 Å². The molecule has 1 fully saturated rings. The zero-order valence-electron chi connectivity index (χ0n) is 10.0. The molecule has 0 aromatic heterocycles. The maximum atomic E-state index is 13.4. The third-order valence-electron chi connectivity index (χ3n) is 2.24. The third-order valence-corrected chi connectivity index (χ3v) is 2.24. The van der Waals surface area contributed by atoms with Crippen LogP contribution in [0, 0.1) is 0 Å². The van der Waals surface area contributed by atoms with E-state index in [0.29, 0.717) is 0 Å². The second-order valence-corrected chi connectivity index (χ2v) is 4.94. The number of carbonyl (C=O) groups is 1. The minimum absolute atomic E-state index is 0.0507. The van der Waals surface area contributed by atoms with E-state index in [0.717, 1.165) is 4.90 Å². The van der Waals surface area contributed by atoms with Crippen LogP contribution in [0.25, 0.3) is 0 Å². The maximum absolute atomic E-state index is 13.4. The fourth-order valence-corrected chi connectivity index (χ4v) is 1.45. The van der Waals surface area contributed by atoms with Crippen molar-refractivity contribution in [2.24, 2.45) is 0 Å². The standard InChI is InChI=1S/C11H15F2NO3/c1-10(2,3)17-9(16)14-5-4-8(6-15)11(12,13)7-14/h4-5,7H2,1-3H3. The molecule has 0 radical (unpaired) electrons. The zero-order valence-corrected chi connectivity index (χ0v) is 10.0. The lowest BCUT2D eigenvalue weighted by Gasteiger charge is -2.34. The first kappa shape index (κ1) is 13.6. The molecule has 0 atom stereocenters. The van der Waals surface area contributed by atoms with Gasteiger partial charge in [0.1, 0.15) is 11.5 Å². The summed E-state index contributed by atoms with van der Waals surface area (Å²) in [5, 5.41) is 0. The molecule has 0 unspecified atom stereocenters. The van der Waals surface area contributed by atoms with Crippen molar-refractivity contribution >= 4 is 12.0 Å². The molecule has 17 heavy (non-hydrogen) atoms. The Hall–Kier alpha value is -1.42. The lowest BCUT2D eigenvalue weighted by Crippen LogP contribution is -2.48. The predicted molar refractivity (Wildman–Crippen MR) is 56.6 cm³/mol. The van der Waals surface area contributed by atoms with Gasteiger partial charge in [-0.3, -0.25) is 0 Å². The van der Waals surface area contributed by atoms with E-state index in [-0.39, 0.29) is 13.0 Å². The first-order valence-electron chi connectivity index (χ1n) is 5.26. The van der Waals surface area contributed by atoms with Gasteiger partial charge in [-0.15, -0.1) is 0 Å². The number of piperidine rings is 1. The Balaban J connectivity index is 2.72. The highest BCUT2D eigenvalue weighted by atomic mass is 19.3. The topological polar surface area (TPSA) is 46.6 Å². The Labute approximate surface area is 98.2 Å². The second kappa shape index (κ2) is 4.45. The van der Waals surface area contributed by atoms with Crippen LogP contribution in [0.15, 0.2) is 5.57 Å².